The van der Waals surface area contributed by atoms with E-state index in [1.165, 1.54) is 6.42 Å². The van der Waals surface area contributed by atoms with Gasteiger partial charge in [-0.1, -0.05) is 13.8 Å². The van der Waals surface area contributed by atoms with Crippen molar-refractivity contribution in [3.63, 3.8) is 0 Å². The third-order valence-corrected chi connectivity index (χ3v) is 3.14. The Hall–Kier alpha value is -0.410. The van der Waals surface area contributed by atoms with Crippen LogP contribution in [0.25, 0.3) is 0 Å². The fourth-order valence-corrected chi connectivity index (χ4v) is 2.01. The maximum atomic E-state index is 5.27. The Morgan fingerprint density at radius 1 is 1.57 bits per heavy atom. The van der Waals surface area contributed by atoms with Crippen molar-refractivity contribution in [2.45, 2.75) is 31.3 Å². The highest BCUT2D eigenvalue weighted by atomic mass is 32.2. The van der Waals surface area contributed by atoms with Crippen LogP contribution in [0.2, 0.25) is 0 Å². The Balaban J connectivity index is 2.06. The minimum Gasteiger partial charge on any atom is -0.468 e. The normalized spacial score (nSPS) is 13.0. The van der Waals surface area contributed by atoms with Gasteiger partial charge in [0.15, 0.2) is 0 Å². The van der Waals surface area contributed by atoms with Crippen LogP contribution in [-0.2, 0) is 5.75 Å². The Morgan fingerprint density at radius 2 is 2.43 bits per heavy atom. The van der Waals surface area contributed by atoms with Gasteiger partial charge in [-0.05, 0) is 25.1 Å². The van der Waals surface area contributed by atoms with E-state index in [-0.39, 0.29) is 0 Å². The van der Waals surface area contributed by atoms with Crippen LogP contribution in [0.3, 0.4) is 0 Å². The molecular weight excluding hydrogens is 194 g/mol. The summed E-state index contributed by atoms with van der Waals surface area (Å²) in [4.78, 5) is 0. The fourth-order valence-electron chi connectivity index (χ4n) is 1.16. The first-order valence-corrected chi connectivity index (χ1v) is 6.22. The quantitative estimate of drug-likeness (QED) is 0.705. The summed E-state index contributed by atoms with van der Waals surface area (Å²) < 4.78 is 5.27. The summed E-state index contributed by atoms with van der Waals surface area (Å²) in [7, 11) is 0. The van der Waals surface area contributed by atoms with Crippen LogP contribution in [0, 0.1) is 0 Å². The number of thioether (sulfide) groups is 1. The van der Waals surface area contributed by atoms with E-state index >= 15 is 0 Å². The second-order valence-corrected chi connectivity index (χ2v) is 4.83. The van der Waals surface area contributed by atoms with Crippen molar-refractivity contribution in [1.29, 1.82) is 0 Å². The molecule has 80 valence electrons. The summed E-state index contributed by atoms with van der Waals surface area (Å²) in [6.07, 6.45) is 2.94. The minimum atomic E-state index is 0.645. The molecule has 0 aliphatic heterocycles. The van der Waals surface area contributed by atoms with Crippen molar-refractivity contribution in [2.24, 2.45) is 0 Å². The third kappa shape index (κ3) is 4.72. The van der Waals surface area contributed by atoms with Gasteiger partial charge < -0.3 is 9.73 Å². The van der Waals surface area contributed by atoms with Gasteiger partial charge in [0.2, 0.25) is 0 Å². The molecule has 0 saturated carbocycles. The number of hydrogen-bond donors (Lipinski definition) is 1. The molecule has 0 aliphatic rings. The van der Waals surface area contributed by atoms with E-state index in [0.29, 0.717) is 5.25 Å². The molecule has 3 heteroatoms. The minimum absolute atomic E-state index is 0.645. The SMILES string of the molecule is CCCNCC(C)SCc1ccco1. The Bertz CT molecular complexity index is 223. The topological polar surface area (TPSA) is 25.2 Å². The molecule has 1 rings (SSSR count). The van der Waals surface area contributed by atoms with Gasteiger partial charge in [0.1, 0.15) is 5.76 Å². The van der Waals surface area contributed by atoms with Gasteiger partial charge in [-0.3, -0.25) is 0 Å². The lowest BCUT2D eigenvalue weighted by Crippen LogP contribution is -2.23. The van der Waals surface area contributed by atoms with Crippen molar-refractivity contribution in [2.75, 3.05) is 13.1 Å². The molecule has 0 aromatic carbocycles. The molecule has 0 bridgehead atoms. The van der Waals surface area contributed by atoms with Crippen molar-refractivity contribution >= 4 is 11.8 Å². The molecule has 14 heavy (non-hydrogen) atoms. The smallest absolute Gasteiger partial charge is 0.113 e. The van der Waals surface area contributed by atoms with Crippen molar-refractivity contribution in [1.82, 2.24) is 5.32 Å². The second kappa shape index (κ2) is 6.96. The first kappa shape index (κ1) is 11.7. The largest absolute Gasteiger partial charge is 0.468 e. The average Bonchev–Trinajstić information content (AvgIpc) is 2.68. The molecule has 1 aromatic rings. The van der Waals surface area contributed by atoms with Gasteiger partial charge in [-0.15, -0.1) is 11.8 Å². The third-order valence-electron chi connectivity index (χ3n) is 1.95. The number of nitrogens with one attached hydrogen (secondary N) is 1. The van der Waals surface area contributed by atoms with Crippen molar-refractivity contribution < 1.29 is 4.42 Å². The van der Waals surface area contributed by atoms with Crippen molar-refractivity contribution in [3.8, 4) is 0 Å². The van der Waals surface area contributed by atoms with E-state index in [1.807, 2.05) is 23.9 Å². The van der Waals surface area contributed by atoms with E-state index < -0.39 is 0 Å². The lowest BCUT2D eigenvalue weighted by Gasteiger charge is -2.10. The Labute approximate surface area is 90.5 Å². The zero-order chi connectivity index (χ0) is 10.2. The molecule has 0 spiro atoms. The van der Waals surface area contributed by atoms with Crippen LogP contribution in [0.15, 0.2) is 22.8 Å². The predicted octanol–water partition coefficient (Wildman–Crippen LogP) is 2.90. The van der Waals surface area contributed by atoms with Crippen molar-refractivity contribution in [3.05, 3.63) is 24.2 Å². The van der Waals surface area contributed by atoms with Gasteiger partial charge in [-0.2, -0.15) is 0 Å². The Morgan fingerprint density at radius 3 is 3.07 bits per heavy atom. The van der Waals surface area contributed by atoms with Crippen LogP contribution in [-0.4, -0.2) is 18.3 Å². The standard InChI is InChI=1S/C11H19NOS/c1-3-6-12-8-10(2)14-9-11-5-4-7-13-11/h4-5,7,10,12H,3,6,8-9H2,1-2H3. The number of furan rings is 1. The first-order valence-electron chi connectivity index (χ1n) is 5.17. The van der Waals surface area contributed by atoms with E-state index in [4.69, 9.17) is 4.42 Å². The second-order valence-electron chi connectivity index (χ2n) is 3.41. The van der Waals surface area contributed by atoms with Crippen LogP contribution < -0.4 is 5.32 Å². The van der Waals surface area contributed by atoms with E-state index in [2.05, 4.69) is 19.2 Å². The summed E-state index contributed by atoms with van der Waals surface area (Å²) >= 11 is 1.93. The number of rotatable bonds is 7. The first-order chi connectivity index (χ1) is 6.83. The van der Waals surface area contributed by atoms with Crippen LogP contribution in [0.1, 0.15) is 26.0 Å². The summed E-state index contributed by atoms with van der Waals surface area (Å²) in [5.41, 5.74) is 0. The molecule has 1 unspecified atom stereocenters. The molecular formula is C11H19NOS. The number of hydrogen-bond acceptors (Lipinski definition) is 3. The molecule has 0 fully saturated rings. The summed E-state index contributed by atoms with van der Waals surface area (Å²) in [5, 5.41) is 4.06. The van der Waals surface area contributed by atoms with Gasteiger partial charge in [0.05, 0.1) is 12.0 Å². The van der Waals surface area contributed by atoms with E-state index in [0.717, 1.165) is 24.6 Å². The summed E-state index contributed by atoms with van der Waals surface area (Å²) in [6, 6.07) is 3.97. The van der Waals surface area contributed by atoms with Gasteiger partial charge >= 0.3 is 0 Å². The lowest BCUT2D eigenvalue weighted by molar-refractivity contribution is 0.530. The fraction of sp³-hybridized carbons (Fsp3) is 0.636. The average molecular weight is 213 g/mol. The molecule has 1 aromatic heterocycles. The molecule has 0 aliphatic carbocycles. The predicted molar refractivity (Wildman–Crippen MR) is 62.6 cm³/mol. The van der Waals surface area contributed by atoms with Gasteiger partial charge in [-0.25, -0.2) is 0 Å². The molecule has 0 saturated heterocycles. The highest BCUT2D eigenvalue weighted by molar-refractivity contribution is 7.99. The molecule has 1 heterocycles. The molecule has 0 amide bonds. The van der Waals surface area contributed by atoms with Crippen LogP contribution >= 0.6 is 11.8 Å². The van der Waals surface area contributed by atoms with Gasteiger partial charge in [0.25, 0.3) is 0 Å². The maximum absolute atomic E-state index is 5.27. The zero-order valence-corrected chi connectivity index (χ0v) is 9.77. The Kier molecular flexibility index (Phi) is 5.80. The van der Waals surface area contributed by atoms with E-state index in [1.54, 1.807) is 6.26 Å². The monoisotopic (exact) mass is 213 g/mol. The van der Waals surface area contributed by atoms with Gasteiger partial charge in [0, 0.05) is 11.8 Å². The summed E-state index contributed by atoms with van der Waals surface area (Å²) in [6.45, 7) is 6.63. The lowest BCUT2D eigenvalue weighted by atomic mass is 10.4. The maximum Gasteiger partial charge on any atom is 0.113 e. The zero-order valence-electron chi connectivity index (χ0n) is 8.95. The molecule has 1 N–H and O–H groups in total. The van der Waals surface area contributed by atoms with E-state index in [9.17, 15) is 0 Å². The highest BCUT2D eigenvalue weighted by Crippen LogP contribution is 2.17. The summed E-state index contributed by atoms with van der Waals surface area (Å²) in [5.74, 6) is 2.04. The molecule has 0 radical (unpaired) electrons. The molecule has 1 atom stereocenters. The van der Waals surface area contributed by atoms with Crippen LogP contribution in [0.5, 0.6) is 0 Å². The van der Waals surface area contributed by atoms with Crippen LogP contribution in [0.4, 0.5) is 0 Å². The molecule has 2 nitrogen and oxygen atoms in total. The highest BCUT2D eigenvalue weighted by Gasteiger charge is 2.03.